The van der Waals surface area contributed by atoms with Gasteiger partial charge in [-0.3, -0.25) is 14.4 Å². The molecule has 2 fully saturated rings. The number of hydrogen-bond acceptors (Lipinski definition) is 5. The van der Waals surface area contributed by atoms with Crippen LogP contribution in [-0.4, -0.2) is 52.5 Å². The lowest BCUT2D eigenvalue weighted by Crippen LogP contribution is -2.51. The van der Waals surface area contributed by atoms with E-state index in [9.17, 15) is 14.4 Å². The van der Waals surface area contributed by atoms with Crippen LogP contribution in [0.2, 0.25) is 0 Å². The quantitative estimate of drug-likeness (QED) is 0.484. The van der Waals surface area contributed by atoms with Crippen molar-refractivity contribution in [2.75, 3.05) is 18.8 Å². The van der Waals surface area contributed by atoms with Crippen molar-refractivity contribution in [1.82, 2.24) is 15.6 Å². The number of rotatable bonds is 8. The van der Waals surface area contributed by atoms with Crippen LogP contribution < -0.4 is 10.7 Å². The Kier molecular flexibility index (Phi) is 8.60. The van der Waals surface area contributed by atoms with Crippen molar-refractivity contribution in [3.8, 4) is 0 Å². The maximum Gasteiger partial charge on any atom is 0.309 e. The normalized spacial score (nSPS) is 20.7. The molecule has 1 atom stereocenters. The first kappa shape index (κ1) is 21.7. The number of ketones is 1. The van der Waals surface area contributed by atoms with Gasteiger partial charge in [0, 0.05) is 24.8 Å². The molecule has 0 spiro atoms. The molecule has 0 aromatic heterocycles. The Morgan fingerprint density at radius 3 is 2.56 bits per heavy atom. The Morgan fingerprint density at radius 1 is 1.22 bits per heavy atom. The largest absolute Gasteiger partial charge is 0.349 e. The highest BCUT2D eigenvalue weighted by Crippen LogP contribution is 2.24. The summed E-state index contributed by atoms with van der Waals surface area (Å²) in [7, 11) is 0. The summed E-state index contributed by atoms with van der Waals surface area (Å²) < 4.78 is 0. The minimum atomic E-state index is -0.817. The summed E-state index contributed by atoms with van der Waals surface area (Å²) in [5.41, 5.74) is 2.39. The molecule has 1 heterocycles. The summed E-state index contributed by atoms with van der Waals surface area (Å²) in [4.78, 5) is 39.5. The maximum atomic E-state index is 12.6. The Morgan fingerprint density at radius 2 is 1.93 bits per heavy atom. The fourth-order valence-corrected chi connectivity index (χ4v) is 4.45. The van der Waals surface area contributed by atoms with Crippen molar-refractivity contribution in [2.45, 2.75) is 65.3 Å². The zero-order valence-electron chi connectivity index (χ0n) is 16.6. The lowest BCUT2D eigenvalue weighted by Gasteiger charge is -2.25. The average Bonchev–Trinajstić information content (AvgIpc) is 3.11. The molecule has 2 aliphatic rings. The first-order chi connectivity index (χ1) is 12.9. The summed E-state index contributed by atoms with van der Waals surface area (Å²) in [5, 5.41) is 7.68. The topological polar surface area (TPSA) is 90.9 Å². The molecule has 0 radical (unpaired) electrons. The van der Waals surface area contributed by atoms with Gasteiger partial charge in [0.25, 0.3) is 0 Å². The van der Waals surface area contributed by atoms with Gasteiger partial charge in [0.2, 0.25) is 11.7 Å². The highest BCUT2D eigenvalue weighted by molar-refractivity contribution is 8.14. The molecule has 1 aliphatic carbocycles. The van der Waals surface area contributed by atoms with Gasteiger partial charge in [-0.05, 0) is 25.2 Å². The van der Waals surface area contributed by atoms with Crippen LogP contribution in [0, 0.1) is 11.8 Å². The van der Waals surface area contributed by atoms with Crippen LogP contribution >= 0.6 is 11.8 Å². The molecule has 0 unspecified atom stereocenters. The molecule has 0 aromatic carbocycles. The van der Waals surface area contributed by atoms with Crippen LogP contribution in [0.25, 0.3) is 0 Å². The van der Waals surface area contributed by atoms with E-state index in [0.29, 0.717) is 0 Å². The zero-order chi connectivity index (χ0) is 19.8. The predicted octanol–water partition coefficient (Wildman–Crippen LogP) is 2.12. The van der Waals surface area contributed by atoms with Crippen LogP contribution in [0.15, 0.2) is 5.10 Å². The molecule has 0 bridgehead atoms. The molecule has 8 heteroatoms. The van der Waals surface area contributed by atoms with E-state index >= 15 is 0 Å². The molecule has 27 heavy (non-hydrogen) atoms. The summed E-state index contributed by atoms with van der Waals surface area (Å²) in [6, 6.07) is -0.817. The van der Waals surface area contributed by atoms with E-state index in [2.05, 4.69) is 27.7 Å². The minimum Gasteiger partial charge on any atom is -0.349 e. The molecular weight excluding hydrogens is 364 g/mol. The van der Waals surface area contributed by atoms with E-state index in [-0.39, 0.29) is 17.7 Å². The van der Waals surface area contributed by atoms with Gasteiger partial charge in [-0.15, -0.1) is 5.10 Å². The van der Waals surface area contributed by atoms with E-state index in [0.717, 1.165) is 62.5 Å². The molecule has 7 nitrogen and oxygen atoms in total. The fraction of sp³-hybridized carbons (Fsp3) is 0.789. The highest BCUT2D eigenvalue weighted by atomic mass is 32.2. The summed E-state index contributed by atoms with van der Waals surface area (Å²) in [6.45, 7) is 7.53. The van der Waals surface area contributed by atoms with Crippen molar-refractivity contribution in [3.63, 3.8) is 0 Å². The van der Waals surface area contributed by atoms with Gasteiger partial charge in [-0.2, -0.15) is 0 Å². The van der Waals surface area contributed by atoms with E-state index < -0.39 is 17.7 Å². The number of amides is 2. The smallest absolute Gasteiger partial charge is 0.309 e. The second-order valence-electron chi connectivity index (χ2n) is 7.60. The predicted molar refractivity (Wildman–Crippen MR) is 108 cm³/mol. The van der Waals surface area contributed by atoms with E-state index in [1.807, 2.05) is 13.8 Å². The average molecular weight is 397 g/mol. The number of hydrogen-bond donors (Lipinski definition) is 2. The third-order valence-electron chi connectivity index (χ3n) is 5.06. The number of carbonyl (C=O) groups is 3. The van der Waals surface area contributed by atoms with Crippen LogP contribution in [-0.2, 0) is 14.4 Å². The number of hydrazone groups is 1. The molecule has 2 N–H and O–H groups in total. The molecule has 2 amide bonds. The van der Waals surface area contributed by atoms with E-state index in [1.54, 1.807) is 11.8 Å². The van der Waals surface area contributed by atoms with Crippen LogP contribution in [0.4, 0.5) is 0 Å². The Hall–Kier alpha value is -1.57. The lowest BCUT2D eigenvalue weighted by molar-refractivity contribution is -0.141. The number of Topliss-reactive ketones (excluding diaryl/α,β-unsaturated/α-hetero) is 1. The lowest BCUT2D eigenvalue weighted by atomic mass is 9.88. The van der Waals surface area contributed by atoms with Gasteiger partial charge in [0.15, 0.2) is 5.17 Å². The number of nitrogens with zero attached hydrogens (tertiary/aromatic N) is 2. The third-order valence-corrected chi connectivity index (χ3v) is 6.05. The molecule has 152 valence electrons. The highest BCUT2D eigenvalue weighted by Gasteiger charge is 2.32. The van der Waals surface area contributed by atoms with Gasteiger partial charge in [0.05, 0.1) is 6.04 Å². The Bertz CT molecular complexity index is 573. The molecule has 1 saturated heterocycles. The van der Waals surface area contributed by atoms with Crippen molar-refractivity contribution in [2.24, 2.45) is 16.9 Å². The zero-order valence-corrected chi connectivity index (χ0v) is 17.4. The van der Waals surface area contributed by atoms with Crippen LogP contribution in [0.5, 0.6) is 0 Å². The van der Waals surface area contributed by atoms with Crippen LogP contribution in [0.3, 0.4) is 0 Å². The first-order valence-corrected chi connectivity index (χ1v) is 11.0. The van der Waals surface area contributed by atoms with Crippen molar-refractivity contribution in [1.29, 1.82) is 0 Å². The second-order valence-corrected chi connectivity index (χ2v) is 8.66. The number of carbonyl (C=O) groups excluding carboxylic acids is 3. The van der Waals surface area contributed by atoms with Gasteiger partial charge in [-0.1, -0.05) is 51.8 Å². The number of thioether (sulfide) groups is 1. The maximum absolute atomic E-state index is 12.6. The minimum absolute atomic E-state index is 0.0476. The summed E-state index contributed by atoms with van der Waals surface area (Å²) in [6.07, 6.45) is 5.95. The number of amidine groups is 1. The van der Waals surface area contributed by atoms with Gasteiger partial charge in [0.1, 0.15) is 0 Å². The van der Waals surface area contributed by atoms with Crippen LogP contribution in [0.1, 0.15) is 59.3 Å². The standard InChI is InChI=1S/C19H32N4O3S/c1-4-10-23-11-12-27-19(23)22-21-18(26)16(24)15(13(2)3)20-17(25)14-8-6-5-7-9-14/h13-15H,4-12H2,1-3H3,(H,20,25)(H,21,26)/b22-19-/t15-/m0/s1. The number of nitrogens with one attached hydrogen (secondary N) is 2. The van der Waals surface area contributed by atoms with Crippen molar-refractivity contribution in [3.05, 3.63) is 0 Å². The van der Waals surface area contributed by atoms with E-state index in [4.69, 9.17) is 0 Å². The molecular formula is C19H32N4O3S. The molecule has 1 aliphatic heterocycles. The van der Waals surface area contributed by atoms with Crippen molar-refractivity contribution >= 4 is 34.5 Å². The SMILES string of the molecule is CCCN1CCS/C1=N\NC(=O)C(=O)[C@@H](NC(=O)C1CCCCC1)C(C)C. The molecule has 1 saturated carbocycles. The Balaban J connectivity index is 1.94. The van der Waals surface area contributed by atoms with Gasteiger partial charge in [-0.25, -0.2) is 5.43 Å². The summed E-state index contributed by atoms with van der Waals surface area (Å²) >= 11 is 1.57. The fourth-order valence-electron chi connectivity index (χ4n) is 3.48. The summed E-state index contributed by atoms with van der Waals surface area (Å²) in [5.74, 6) is -0.803. The monoisotopic (exact) mass is 396 g/mol. The Labute approximate surface area is 166 Å². The van der Waals surface area contributed by atoms with Gasteiger partial charge < -0.3 is 10.2 Å². The van der Waals surface area contributed by atoms with Crippen molar-refractivity contribution < 1.29 is 14.4 Å². The molecule has 2 rings (SSSR count). The second kappa shape index (κ2) is 10.7. The molecule has 0 aromatic rings. The third kappa shape index (κ3) is 6.23. The van der Waals surface area contributed by atoms with E-state index in [1.165, 1.54) is 0 Å². The first-order valence-electron chi connectivity index (χ1n) is 10.0. The van der Waals surface area contributed by atoms with Gasteiger partial charge >= 0.3 is 5.91 Å².